The standard InChI is InChI=1S/C17H17F3N2O3/c1-10-12(11(2)25-21-10)6-7-15(23)22-8-9-24-16-13(17(18,19)20)4-3-5-14(16)22/h3-5H,6-9H2,1-2H3. The van der Waals surface area contributed by atoms with Gasteiger partial charge in [0.1, 0.15) is 12.4 Å². The summed E-state index contributed by atoms with van der Waals surface area (Å²) in [5.41, 5.74) is 0.857. The minimum Gasteiger partial charge on any atom is -0.489 e. The highest BCUT2D eigenvalue weighted by Gasteiger charge is 2.38. The average molecular weight is 354 g/mol. The van der Waals surface area contributed by atoms with Gasteiger partial charge in [0.2, 0.25) is 5.91 Å². The first kappa shape index (κ1) is 17.3. The number of alkyl halides is 3. The minimum absolute atomic E-state index is 0.0250. The molecule has 8 heteroatoms. The number of rotatable bonds is 3. The normalized spacial score (nSPS) is 14.2. The fraction of sp³-hybridized carbons (Fsp3) is 0.412. The monoisotopic (exact) mass is 354 g/mol. The molecule has 0 saturated carbocycles. The molecule has 0 atom stereocenters. The number of halogens is 3. The van der Waals surface area contributed by atoms with Crippen LogP contribution in [0.3, 0.4) is 0 Å². The summed E-state index contributed by atoms with van der Waals surface area (Å²) < 4.78 is 49.7. The van der Waals surface area contributed by atoms with Crippen molar-refractivity contribution < 1.29 is 27.2 Å². The van der Waals surface area contributed by atoms with Crippen molar-refractivity contribution in [3.63, 3.8) is 0 Å². The van der Waals surface area contributed by atoms with Gasteiger partial charge in [0.15, 0.2) is 5.75 Å². The van der Waals surface area contributed by atoms with E-state index in [0.29, 0.717) is 17.9 Å². The third-order valence-corrected chi connectivity index (χ3v) is 4.22. The second-order valence-corrected chi connectivity index (χ2v) is 5.85. The van der Waals surface area contributed by atoms with E-state index >= 15 is 0 Å². The van der Waals surface area contributed by atoms with Crippen molar-refractivity contribution in [2.24, 2.45) is 0 Å². The number of hydrogen-bond donors (Lipinski definition) is 0. The van der Waals surface area contributed by atoms with Crippen molar-refractivity contribution in [3.8, 4) is 5.75 Å². The molecular weight excluding hydrogens is 337 g/mol. The number of aromatic nitrogens is 1. The van der Waals surface area contributed by atoms with E-state index in [1.165, 1.54) is 17.0 Å². The minimum atomic E-state index is -4.53. The van der Waals surface area contributed by atoms with Gasteiger partial charge in [-0.05, 0) is 32.4 Å². The molecule has 3 rings (SSSR count). The van der Waals surface area contributed by atoms with Gasteiger partial charge in [-0.1, -0.05) is 11.2 Å². The number of carbonyl (C=O) groups is 1. The van der Waals surface area contributed by atoms with E-state index in [2.05, 4.69) is 5.16 Å². The number of hydrogen-bond acceptors (Lipinski definition) is 4. The molecule has 0 radical (unpaired) electrons. The number of ether oxygens (including phenoxy) is 1. The van der Waals surface area contributed by atoms with Crippen molar-refractivity contribution in [2.45, 2.75) is 32.9 Å². The van der Waals surface area contributed by atoms with Gasteiger partial charge in [-0.3, -0.25) is 4.79 Å². The first-order chi connectivity index (χ1) is 11.8. The first-order valence-electron chi connectivity index (χ1n) is 7.84. The van der Waals surface area contributed by atoms with E-state index in [4.69, 9.17) is 9.26 Å². The van der Waals surface area contributed by atoms with Crippen molar-refractivity contribution in [3.05, 3.63) is 40.8 Å². The zero-order valence-electron chi connectivity index (χ0n) is 13.8. The zero-order valence-corrected chi connectivity index (χ0v) is 13.8. The number of carbonyl (C=O) groups excluding carboxylic acids is 1. The van der Waals surface area contributed by atoms with Crippen LogP contribution in [0.25, 0.3) is 0 Å². The number of aryl methyl sites for hydroxylation is 2. The molecule has 2 heterocycles. The van der Waals surface area contributed by atoms with Crippen LogP contribution in [-0.4, -0.2) is 24.2 Å². The number of nitrogens with zero attached hydrogens (tertiary/aromatic N) is 2. The molecule has 1 amide bonds. The molecule has 0 bridgehead atoms. The van der Waals surface area contributed by atoms with Crippen molar-refractivity contribution in [1.82, 2.24) is 5.16 Å². The number of fused-ring (bicyclic) bond motifs is 1. The van der Waals surface area contributed by atoms with E-state index in [1.807, 2.05) is 0 Å². The second kappa shape index (κ2) is 6.42. The molecule has 25 heavy (non-hydrogen) atoms. The largest absolute Gasteiger partial charge is 0.489 e. The van der Waals surface area contributed by atoms with Crippen molar-refractivity contribution in [1.29, 1.82) is 0 Å². The zero-order chi connectivity index (χ0) is 18.2. The van der Waals surface area contributed by atoms with Crippen molar-refractivity contribution in [2.75, 3.05) is 18.1 Å². The molecule has 5 nitrogen and oxygen atoms in total. The predicted molar refractivity (Wildman–Crippen MR) is 83.6 cm³/mol. The van der Waals surface area contributed by atoms with Gasteiger partial charge in [0, 0.05) is 12.0 Å². The van der Waals surface area contributed by atoms with Crippen LogP contribution in [0.2, 0.25) is 0 Å². The lowest BCUT2D eigenvalue weighted by atomic mass is 10.1. The fourth-order valence-electron chi connectivity index (χ4n) is 2.96. The first-order valence-corrected chi connectivity index (χ1v) is 7.84. The van der Waals surface area contributed by atoms with Gasteiger partial charge < -0.3 is 14.2 Å². The van der Waals surface area contributed by atoms with E-state index in [0.717, 1.165) is 11.6 Å². The quantitative estimate of drug-likeness (QED) is 0.844. The molecular formula is C17H17F3N2O3. The maximum Gasteiger partial charge on any atom is 0.420 e. The molecule has 0 fully saturated rings. The molecule has 0 saturated heterocycles. The Bertz CT molecular complexity index is 779. The summed E-state index contributed by atoms with van der Waals surface area (Å²) >= 11 is 0. The third-order valence-electron chi connectivity index (χ3n) is 4.22. The Morgan fingerprint density at radius 2 is 2.08 bits per heavy atom. The highest BCUT2D eigenvalue weighted by Crippen LogP contribution is 2.43. The maximum atomic E-state index is 13.1. The molecule has 134 valence electrons. The highest BCUT2D eigenvalue weighted by atomic mass is 19.4. The molecule has 1 aliphatic rings. The lowest BCUT2D eigenvalue weighted by Crippen LogP contribution is -2.38. The Labute approximate surface area is 142 Å². The van der Waals surface area contributed by atoms with Crippen molar-refractivity contribution >= 4 is 11.6 Å². The number of amides is 1. The Balaban J connectivity index is 1.82. The Morgan fingerprint density at radius 1 is 1.32 bits per heavy atom. The van der Waals surface area contributed by atoms with Crippen LogP contribution in [0.15, 0.2) is 22.7 Å². The Kier molecular flexibility index (Phi) is 4.45. The van der Waals surface area contributed by atoms with Gasteiger partial charge in [-0.15, -0.1) is 0 Å². The summed E-state index contributed by atoms with van der Waals surface area (Å²) in [4.78, 5) is 13.9. The molecule has 1 aliphatic heterocycles. The molecule has 1 aromatic heterocycles. The summed E-state index contributed by atoms with van der Waals surface area (Å²) in [5, 5.41) is 3.84. The van der Waals surface area contributed by atoms with E-state index in [1.54, 1.807) is 13.8 Å². The Morgan fingerprint density at radius 3 is 2.72 bits per heavy atom. The molecule has 2 aromatic rings. The molecule has 0 aliphatic carbocycles. The number of para-hydroxylation sites is 1. The summed E-state index contributed by atoms with van der Waals surface area (Å²) in [5.74, 6) is 0.0999. The van der Waals surface area contributed by atoms with Crippen LogP contribution in [0.5, 0.6) is 5.75 Å². The second-order valence-electron chi connectivity index (χ2n) is 5.85. The van der Waals surface area contributed by atoms with Gasteiger partial charge in [-0.25, -0.2) is 0 Å². The fourth-order valence-corrected chi connectivity index (χ4v) is 2.96. The lowest BCUT2D eigenvalue weighted by Gasteiger charge is -2.31. The van der Waals surface area contributed by atoms with Gasteiger partial charge in [-0.2, -0.15) is 13.2 Å². The van der Waals surface area contributed by atoms with Gasteiger partial charge >= 0.3 is 6.18 Å². The third kappa shape index (κ3) is 3.33. The summed E-state index contributed by atoms with van der Waals surface area (Å²) in [6, 6.07) is 3.71. The van der Waals surface area contributed by atoms with Crippen LogP contribution in [0.1, 0.15) is 29.0 Å². The highest BCUT2D eigenvalue weighted by molar-refractivity contribution is 5.95. The van der Waals surface area contributed by atoms with Crippen LogP contribution in [0.4, 0.5) is 18.9 Å². The average Bonchev–Trinajstić information content (AvgIpc) is 2.89. The van der Waals surface area contributed by atoms with Gasteiger partial charge in [0.25, 0.3) is 0 Å². The van der Waals surface area contributed by atoms with Crippen LogP contribution >= 0.6 is 0 Å². The smallest absolute Gasteiger partial charge is 0.420 e. The molecule has 1 aromatic carbocycles. The molecule has 0 spiro atoms. The van der Waals surface area contributed by atoms with Crippen LogP contribution in [-0.2, 0) is 17.4 Å². The van der Waals surface area contributed by atoms with E-state index in [-0.39, 0.29) is 36.9 Å². The van der Waals surface area contributed by atoms with Gasteiger partial charge in [0.05, 0.1) is 23.5 Å². The summed E-state index contributed by atoms with van der Waals surface area (Å²) in [6.07, 6.45) is -3.96. The lowest BCUT2D eigenvalue weighted by molar-refractivity contribution is -0.139. The van der Waals surface area contributed by atoms with E-state index < -0.39 is 11.7 Å². The number of benzene rings is 1. The SMILES string of the molecule is Cc1noc(C)c1CCC(=O)N1CCOc2c1cccc2C(F)(F)F. The molecule has 0 N–H and O–H groups in total. The summed E-state index contributed by atoms with van der Waals surface area (Å²) in [7, 11) is 0. The Hall–Kier alpha value is -2.51. The predicted octanol–water partition coefficient (Wildman–Crippen LogP) is 3.67. The van der Waals surface area contributed by atoms with E-state index in [9.17, 15) is 18.0 Å². The topological polar surface area (TPSA) is 55.6 Å². The van der Waals surface area contributed by atoms with Crippen LogP contribution in [0, 0.1) is 13.8 Å². The summed E-state index contributed by atoms with van der Waals surface area (Å²) in [6.45, 7) is 3.79. The maximum absolute atomic E-state index is 13.1. The number of anilines is 1. The van der Waals surface area contributed by atoms with Crippen LogP contribution < -0.4 is 9.64 Å². The molecule has 0 unspecified atom stereocenters.